The fourth-order valence-corrected chi connectivity index (χ4v) is 0. The van der Waals surface area contributed by atoms with Crippen LogP contribution in [-0.2, 0) is 0 Å². The van der Waals surface area contributed by atoms with Crippen LogP contribution in [0.3, 0.4) is 0 Å². The maximum atomic E-state index is 3.36. The molecular formula is C4H11BS. The molecule has 0 aliphatic heterocycles. The second-order valence-electron chi connectivity index (χ2n) is 0.816. The van der Waals surface area contributed by atoms with Crippen LogP contribution in [0.4, 0.5) is 0 Å². The van der Waals surface area contributed by atoms with E-state index in [1.54, 1.807) is 17.7 Å². The summed E-state index contributed by atoms with van der Waals surface area (Å²) in [7, 11) is 1.89. The van der Waals surface area contributed by atoms with Crippen molar-refractivity contribution in [3.05, 3.63) is 12.6 Å². The summed E-state index contributed by atoms with van der Waals surface area (Å²) < 4.78 is 0. The molecule has 0 unspecified atom stereocenters. The lowest BCUT2D eigenvalue weighted by Crippen LogP contribution is -1.29. The highest BCUT2D eigenvalue weighted by Crippen LogP contribution is 1.70. The molecule has 0 N–H and O–H groups in total. The van der Waals surface area contributed by atoms with E-state index in [2.05, 4.69) is 6.58 Å². The summed E-state index contributed by atoms with van der Waals surface area (Å²) >= 11 is 1.75. The summed E-state index contributed by atoms with van der Waals surface area (Å²) in [5.74, 6) is 1.75. The van der Waals surface area contributed by atoms with Crippen LogP contribution in [-0.4, -0.2) is 20.4 Å². The Kier molecular flexibility index (Phi) is 30.3. The first-order chi connectivity index (χ1) is 2.83. The third kappa shape index (κ3) is 1720. The molecule has 0 nitrogen and oxygen atoms in total. The Morgan fingerprint density at radius 1 is 1.67 bits per heavy atom. The summed E-state index contributed by atoms with van der Waals surface area (Å²) in [5.41, 5.74) is 0. The van der Waals surface area contributed by atoms with E-state index < -0.39 is 0 Å². The van der Waals surface area contributed by atoms with Gasteiger partial charge in [0.1, 0.15) is 7.85 Å². The van der Waals surface area contributed by atoms with Crippen molar-refractivity contribution < 1.29 is 0 Å². The van der Waals surface area contributed by atoms with Gasteiger partial charge in [-0.1, -0.05) is 0 Å². The number of thioether (sulfide) groups is 1. The molecule has 0 amide bonds. The molecule has 2 heteroatoms. The maximum Gasteiger partial charge on any atom is 0.128 e. The summed E-state index contributed by atoms with van der Waals surface area (Å²) in [6.07, 6.45) is 4.08. The van der Waals surface area contributed by atoms with Crippen molar-refractivity contribution in [2.75, 3.05) is 12.5 Å². The smallest absolute Gasteiger partial charge is 0.128 e. The molecule has 0 aliphatic rings. The average molecular weight is 102 g/mol. The van der Waals surface area contributed by atoms with Crippen LogP contribution in [0.2, 0.25) is 0 Å². The van der Waals surface area contributed by atoms with Crippen LogP contribution in [0.15, 0.2) is 12.6 Å². The quantitative estimate of drug-likeness (QED) is 0.406. The third-order valence-electron chi connectivity index (χ3n) is 0. The highest BCUT2D eigenvalue weighted by Gasteiger charge is 1.32. The number of rotatable bonds is 0. The van der Waals surface area contributed by atoms with Crippen molar-refractivity contribution in [1.82, 2.24) is 0 Å². The lowest BCUT2D eigenvalue weighted by atomic mass is 10.2. The SMILES string of the molecule is BC=C.CSC. The van der Waals surface area contributed by atoms with Crippen molar-refractivity contribution in [1.29, 1.82) is 0 Å². The van der Waals surface area contributed by atoms with Gasteiger partial charge >= 0.3 is 0 Å². The molecule has 0 aromatic heterocycles. The molecular weight excluding hydrogens is 90.9 g/mol. The van der Waals surface area contributed by atoms with Gasteiger partial charge in [0.15, 0.2) is 0 Å². The van der Waals surface area contributed by atoms with E-state index in [0.29, 0.717) is 0 Å². The normalized spacial score (nSPS) is 5.00. The minimum Gasteiger partial charge on any atom is -0.169 e. The summed E-state index contributed by atoms with van der Waals surface area (Å²) in [4.78, 5) is 0. The molecule has 0 radical (unpaired) electrons. The molecule has 0 atom stereocenters. The highest BCUT2D eigenvalue weighted by atomic mass is 32.2. The van der Waals surface area contributed by atoms with Crippen molar-refractivity contribution in [2.24, 2.45) is 0 Å². The zero-order chi connectivity index (χ0) is 5.41. The lowest BCUT2D eigenvalue weighted by molar-refractivity contribution is 2.37. The molecule has 0 aromatic rings. The Morgan fingerprint density at radius 2 is 1.67 bits per heavy atom. The van der Waals surface area contributed by atoms with Gasteiger partial charge in [0.25, 0.3) is 0 Å². The van der Waals surface area contributed by atoms with E-state index in [1.165, 1.54) is 0 Å². The van der Waals surface area contributed by atoms with Gasteiger partial charge in [-0.25, -0.2) is 0 Å². The number of hydrogen-bond donors (Lipinski definition) is 0. The molecule has 0 heterocycles. The molecule has 0 aromatic carbocycles. The molecule has 0 rings (SSSR count). The van der Waals surface area contributed by atoms with Gasteiger partial charge in [-0.15, -0.1) is 12.6 Å². The highest BCUT2D eigenvalue weighted by molar-refractivity contribution is 7.97. The first kappa shape index (κ1) is 9.47. The van der Waals surface area contributed by atoms with E-state index >= 15 is 0 Å². The second-order valence-corrected chi connectivity index (χ2v) is 1.63. The van der Waals surface area contributed by atoms with E-state index in [4.69, 9.17) is 0 Å². The lowest BCUT2D eigenvalue weighted by Gasteiger charge is -1.51. The van der Waals surface area contributed by atoms with Gasteiger partial charge in [-0.05, 0) is 12.5 Å². The predicted octanol–water partition coefficient (Wildman–Crippen LogP) is 0.742. The first-order valence-electron chi connectivity index (χ1n) is 1.80. The molecule has 0 bridgehead atoms. The van der Waals surface area contributed by atoms with Crippen molar-refractivity contribution >= 4 is 19.6 Å². The van der Waals surface area contributed by atoms with Crippen molar-refractivity contribution in [2.45, 2.75) is 0 Å². The Balaban J connectivity index is 0. The Hall–Kier alpha value is 0.155. The van der Waals surface area contributed by atoms with Gasteiger partial charge in [-0.3, -0.25) is 0 Å². The molecule has 0 spiro atoms. The molecule has 0 fully saturated rings. The zero-order valence-electron chi connectivity index (χ0n) is 4.69. The van der Waals surface area contributed by atoms with Crippen LogP contribution in [0.5, 0.6) is 0 Å². The topological polar surface area (TPSA) is 0 Å². The van der Waals surface area contributed by atoms with Gasteiger partial charge in [0.2, 0.25) is 0 Å². The molecule has 6 heavy (non-hydrogen) atoms. The second kappa shape index (κ2) is 19.2. The minimum atomic E-state index is 1.75. The van der Waals surface area contributed by atoms with Crippen LogP contribution in [0.1, 0.15) is 0 Å². The monoisotopic (exact) mass is 102 g/mol. The Bertz CT molecular complexity index is 21.5. The molecule has 0 saturated heterocycles. The van der Waals surface area contributed by atoms with Crippen molar-refractivity contribution in [3.63, 3.8) is 0 Å². The van der Waals surface area contributed by atoms with Gasteiger partial charge in [0.05, 0.1) is 0 Å². The van der Waals surface area contributed by atoms with Crippen LogP contribution in [0.25, 0.3) is 0 Å². The van der Waals surface area contributed by atoms with E-state index in [1.807, 2.05) is 20.4 Å². The average Bonchev–Trinajstić information content (AvgIpc) is 1.39. The minimum absolute atomic E-state index is 1.75. The molecule has 36 valence electrons. The van der Waals surface area contributed by atoms with Gasteiger partial charge < -0.3 is 0 Å². The van der Waals surface area contributed by atoms with Crippen LogP contribution in [0, 0.1) is 0 Å². The third-order valence-corrected chi connectivity index (χ3v) is 0. The van der Waals surface area contributed by atoms with Gasteiger partial charge in [0, 0.05) is 0 Å². The van der Waals surface area contributed by atoms with Crippen molar-refractivity contribution in [3.8, 4) is 0 Å². The predicted molar refractivity (Wildman–Crippen MR) is 38.2 cm³/mol. The number of hydrogen-bond acceptors (Lipinski definition) is 1. The standard InChI is InChI=1S/C2H5B.C2H6S/c1-2-3;1-3-2/h2H,1,3H2;1-2H3. The Morgan fingerprint density at radius 3 is 1.67 bits per heavy atom. The molecule has 0 saturated carbocycles. The zero-order valence-corrected chi connectivity index (χ0v) is 5.51. The van der Waals surface area contributed by atoms with E-state index in [0.717, 1.165) is 0 Å². The Labute approximate surface area is 45.4 Å². The van der Waals surface area contributed by atoms with Gasteiger partial charge in [-0.2, -0.15) is 11.8 Å². The fraction of sp³-hybridized carbons (Fsp3) is 0.500. The fourth-order valence-electron chi connectivity index (χ4n) is 0. The maximum absolute atomic E-state index is 3.36. The van der Waals surface area contributed by atoms with E-state index in [9.17, 15) is 0 Å². The summed E-state index contributed by atoms with van der Waals surface area (Å²) in [6.45, 7) is 3.36. The first-order valence-corrected chi connectivity index (χ1v) is 3.44. The van der Waals surface area contributed by atoms with Crippen LogP contribution >= 0.6 is 11.8 Å². The molecule has 0 aliphatic carbocycles. The van der Waals surface area contributed by atoms with E-state index in [-0.39, 0.29) is 0 Å². The van der Waals surface area contributed by atoms with Crippen LogP contribution < -0.4 is 0 Å². The largest absolute Gasteiger partial charge is 0.169 e. The summed E-state index contributed by atoms with van der Waals surface area (Å²) in [5, 5.41) is 0. The summed E-state index contributed by atoms with van der Waals surface area (Å²) in [6, 6.07) is 0.